The van der Waals surface area contributed by atoms with Gasteiger partial charge in [-0.1, -0.05) is 5.10 Å². The maximum absolute atomic E-state index is 12.7. The van der Waals surface area contributed by atoms with Crippen LogP contribution < -0.4 is 9.47 Å². The van der Waals surface area contributed by atoms with Gasteiger partial charge < -0.3 is 28.4 Å². The van der Waals surface area contributed by atoms with Gasteiger partial charge in [-0.3, -0.25) is 4.79 Å². The van der Waals surface area contributed by atoms with Crippen molar-refractivity contribution in [1.29, 1.82) is 0 Å². The number of hydrogen-bond acceptors (Lipinski definition) is 10. The second-order valence-electron chi connectivity index (χ2n) is 6.80. The average Bonchev–Trinajstić information content (AvgIpc) is 3.30. The number of sulfone groups is 1. The lowest BCUT2D eigenvalue weighted by Gasteiger charge is -2.33. The molecule has 1 aromatic carbocycles. The SMILES string of the molecule is CCOC(=O)N1CCN(C(=O)CS(=O)(=O)c2nnc(-c3cc(OC)cc(OC)c3)o2)CC1. The fourth-order valence-electron chi connectivity index (χ4n) is 3.05. The van der Waals surface area contributed by atoms with Crippen LogP contribution in [-0.2, 0) is 19.4 Å². The van der Waals surface area contributed by atoms with Crippen molar-refractivity contribution in [1.82, 2.24) is 20.0 Å². The lowest BCUT2D eigenvalue weighted by Crippen LogP contribution is -2.51. The molecule has 13 heteroatoms. The molecule has 0 spiro atoms. The topological polar surface area (TPSA) is 141 Å². The summed E-state index contributed by atoms with van der Waals surface area (Å²) in [5, 5.41) is 6.72. The molecule has 0 radical (unpaired) electrons. The standard InChI is InChI=1S/C19H24N4O8S/c1-4-30-19(25)23-7-5-22(6-8-23)16(24)12-32(26,27)18-21-20-17(31-18)13-9-14(28-2)11-15(10-13)29-3/h9-11H,4-8,12H2,1-3H3. The molecule has 12 nitrogen and oxygen atoms in total. The number of nitrogens with zero attached hydrogens (tertiary/aromatic N) is 4. The van der Waals surface area contributed by atoms with Gasteiger partial charge in [-0.05, 0) is 19.1 Å². The summed E-state index contributed by atoms with van der Waals surface area (Å²) < 4.78 is 45.9. The molecule has 0 unspecified atom stereocenters. The van der Waals surface area contributed by atoms with Crippen LogP contribution in [0.1, 0.15) is 6.92 Å². The molecule has 2 amide bonds. The van der Waals surface area contributed by atoms with E-state index in [1.54, 1.807) is 25.1 Å². The Balaban J connectivity index is 1.67. The quantitative estimate of drug-likeness (QED) is 0.573. The number of hydrogen-bond donors (Lipinski definition) is 0. The Morgan fingerprint density at radius 3 is 2.16 bits per heavy atom. The first-order valence-corrected chi connectivity index (χ1v) is 11.4. The van der Waals surface area contributed by atoms with E-state index in [0.717, 1.165) is 0 Å². The summed E-state index contributed by atoms with van der Waals surface area (Å²) in [7, 11) is -1.22. The minimum Gasteiger partial charge on any atom is -0.497 e. The number of amides is 2. The first-order valence-electron chi connectivity index (χ1n) is 9.76. The monoisotopic (exact) mass is 468 g/mol. The fraction of sp³-hybridized carbons (Fsp3) is 0.474. The molecular weight excluding hydrogens is 444 g/mol. The highest BCUT2D eigenvalue weighted by atomic mass is 32.2. The molecule has 1 fully saturated rings. The van der Waals surface area contributed by atoms with Crippen molar-refractivity contribution >= 4 is 21.8 Å². The highest BCUT2D eigenvalue weighted by Gasteiger charge is 2.31. The lowest BCUT2D eigenvalue weighted by molar-refractivity contribution is -0.130. The molecule has 3 rings (SSSR count). The van der Waals surface area contributed by atoms with Gasteiger partial charge in [-0.25, -0.2) is 13.2 Å². The summed E-state index contributed by atoms with van der Waals surface area (Å²) in [6.45, 7) is 2.87. The zero-order valence-electron chi connectivity index (χ0n) is 17.9. The molecule has 174 valence electrons. The average molecular weight is 468 g/mol. The number of piperazine rings is 1. The summed E-state index contributed by atoms with van der Waals surface area (Å²) in [6.07, 6.45) is -0.459. The van der Waals surface area contributed by atoms with E-state index in [9.17, 15) is 18.0 Å². The van der Waals surface area contributed by atoms with Crippen LogP contribution in [0.3, 0.4) is 0 Å². The van der Waals surface area contributed by atoms with Crippen LogP contribution in [0, 0.1) is 0 Å². The third-order valence-electron chi connectivity index (χ3n) is 4.74. The molecule has 1 saturated heterocycles. The van der Waals surface area contributed by atoms with Crippen molar-refractivity contribution in [3.05, 3.63) is 18.2 Å². The summed E-state index contributed by atoms with van der Waals surface area (Å²) in [4.78, 5) is 27.1. The minimum absolute atomic E-state index is 0.0590. The third-order valence-corrected chi connectivity index (χ3v) is 6.07. The van der Waals surface area contributed by atoms with Gasteiger partial charge in [0, 0.05) is 37.8 Å². The number of benzene rings is 1. The van der Waals surface area contributed by atoms with E-state index in [2.05, 4.69) is 10.2 Å². The molecule has 1 aliphatic rings. The molecule has 2 aromatic rings. The number of carbonyl (C=O) groups is 2. The van der Waals surface area contributed by atoms with Crippen molar-refractivity contribution in [2.45, 2.75) is 12.1 Å². The van der Waals surface area contributed by atoms with Gasteiger partial charge in [0.15, 0.2) is 0 Å². The van der Waals surface area contributed by atoms with Crippen molar-refractivity contribution in [3.63, 3.8) is 0 Å². The number of rotatable bonds is 7. The van der Waals surface area contributed by atoms with Gasteiger partial charge in [-0.15, -0.1) is 5.10 Å². The molecule has 32 heavy (non-hydrogen) atoms. The van der Waals surface area contributed by atoms with Crippen LogP contribution in [0.15, 0.2) is 27.8 Å². The van der Waals surface area contributed by atoms with Gasteiger partial charge in [0.2, 0.25) is 21.6 Å². The van der Waals surface area contributed by atoms with Crippen molar-refractivity contribution < 1.29 is 36.6 Å². The van der Waals surface area contributed by atoms with E-state index in [1.807, 2.05) is 0 Å². The summed E-state index contributed by atoms with van der Waals surface area (Å²) in [5.41, 5.74) is 0.400. The van der Waals surface area contributed by atoms with Crippen molar-refractivity contribution in [2.24, 2.45) is 0 Å². The Morgan fingerprint density at radius 1 is 1.00 bits per heavy atom. The molecule has 0 N–H and O–H groups in total. The Kier molecular flexibility index (Phi) is 7.18. The first kappa shape index (κ1) is 23.3. The smallest absolute Gasteiger partial charge is 0.409 e. The molecule has 0 saturated carbocycles. The van der Waals surface area contributed by atoms with E-state index in [4.69, 9.17) is 18.6 Å². The molecule has 1 aromatic heterocycles. The van der Waals surface area contributed by atoms with E-state index < -0.39 is 32.8 Å². The predicted molar refractivity (Wildman–Crippen MR) is 110 cm³/mol. The van der Waals surface area contributed by atoms with E-state index in [-0.39, 0.29) is 38.7 Å². The van der Waals surface area contributed by atoms with Crippen molar-refractivity contribution in [3.8, 4) is 23.0 Å². The summed E-state index contributed by atoms with van der Waals surface area (Å²) in [5.74, 6) is -0.582. The van der Waals surface area contributed by atoms with Crippen LogP contribution >= 0.6 is 0 Å². The highest BCUT2D eigenvalue weighted by Crippen LogP contribution is 2.29. The molecular formula is C19H24N4O8S. The largest absolute Gasteiger partial charge is 0.497 e. The van der Waals surface area contributed by atoms with Gasteiger partial charge in [-0.2, -0.15) is 0 Å². The lowest BCUT2D eigenvalue weighted by atomic mass is 10.2. The number of aromatic nitrogens is 2. The second-order valence-corrected chi connectivity index (χ2v) is 8.67. The highest BCUT2D eigenvalue weighted by molar-refractivity contribution is 7.91. The molecule has 0 aliphatic carbocycles. The Bertz CT molecular complexity index is 1050. The zero-order chi connectivity index (χ0) is 23.3. The molecule has 2 heterocycles. The molecule has 1 aliphatic heterocycles. The minimum atomic E-state index is -4.17. The van der Waals surface area contributed by atoms with Gasteiger partial charge in [0.1, 0.15) is 17.3 Å². The number of methoxy groups -OCH3 is 2. The number of ether oxygens (including phenoxy) is 3. The molecule has 0 bridgehead atoms. The van der Waals surface area contributed by atoms with Crippen LogP contribution in [-0.4, -0.2) is 93.2 Å². The maximum atomic E-state index is 12.7. The van der Waals surface area contributed by atoms with Gasteiger partial charge >= 0.3 is 11.3 Å². The maximum Gasteiger partial charge on any atom is 0.409 e. The van der Waals surface area contributed by atoms with Crippen molar-refractivity contribution in [2.75, 3.05) is 52.8 Å². The Morgan fingerprint density at radius 2 is 1.59 bits per heavy atom. The van der Waals surface area contributed by atoms with Crippen LogP contribution in [0.4, 0.5) is 4.79 Å². The van der Waals surface area contributed by atoms with Crippen LogP contribution in [0.2, 0.25) is 0 Å². The third kappa shape index (κ3) is 5.28. The first-order chi connectivity index (χ1) is 15.3. The van der Waals surface area contributed by atoms with E-state index in [0.29, 0.717) is 17.1 Å². The van der Waals surface area contributed by atoms with Crippen LogP contribution in [0.25, 0.3) is 11.5 Å². The Labute approximate surface area is 185 Å². The van der Waals surface area contributed by atoms with E-state index >= 15 is 0 Å². The zero-order valence-corrected chi connectivity index (χ0v) is 18.8. The normalized spacial score (nSPS) is 14.2. The summed E-state index contributed by atoms with van der Waals surface area (Å²) in [6, 6.07) is 4.80. The molecule has 0 atom stereocenters. The second kappa shape index (κ2) is 9.85. The number of carbonyl (C=O) groups excluding carboxylic acids is 2. The summed E-state index contributed by atoms with van der Waals surface area (Å²) >= 11 is 0. The van der Waals surface area contributed by atoms with Gasteiger partial charge in [0.25, 0.3) is 0 Å². The van der Waals surface area contributed by atoms with Crippen LogP contribution in [0.5, 0.6) is 11.5 Å². The fourth-order valence-corrected chi connectivity index (χ4v) is 4.05. The predicted octanol–water partition coefficient (Wildman–Crippen LogP) is 0.828. The Hall–Kier alpha value is -3.35. The van der Waals surface area contributed by atoms with Gasteiger partial charge in [0.05, 0.1) is 20.8 Å². The van der Waals surface area contributed by atoms with E-state index in [1.165, 1.54) is 24.0 Å².